The average molecular weight is 392 g/mol. The number of amides is 3. The topological polar surface area (TPSA) is 96.5 Å². The van der Waals surface area contributed by atoms with Crippen molar-refractivity contribution in [3.8, 4) is 0 Å². The van der Waals surface area contributed by atoms with Crippen LogP contribution >= 0.6 is 0 Å². The summed E-state index contributed by atoms with van der Waals surface area (Å²) in [6.07, 6.45) is 0.0842. The summed E-state index contributed by atoms with van der Waals surface area (Å²) < 4.78 is 5.01. The third-order valence-corrected chi connectivity index (χ3v) is 4.57. The number of nitrogens with one attached hydrogen (secondary N) is 3. The van der Waals surface area contributed by atoms with Gasteiger partial charge in [0.1, 0.15) is 0 Å². The van der Waals surface area contributed by atoms with E-state index in [4.69, 9.17) is 4.74 Å². The van der Waals surface area contributed by atoms with Gasteiger partial charge in [0.15, 0.2) is 0 Å². The molecule has 1 rings (SSSR count). The number of hydrogen-bond donors (Lipinski definition) is 3. The molecule has 0 aromatic heterocycles. The number of hydrogen-bond acceptors (Lipinski definition) is 4. The van der Waals surface area contributed by atoms with Crippen molar-refractivity contribution in [1.82, 2.24) is 10.6 Å². The van der Waals surface area contributed by atoms with E-state index in [2.05, 4.69) is 16.0 Å². The van der Waals surface area contributed by atoms with Crippen molar-refractivity contribution < 1.29 is 19.1 Å². The fourth-order valence-electron chi connectivity index (χ4n) is 2.43. The van der Waals surface area contributed by atoms with Crippen LogP contribution in [0.15, 0.2) is 24.3 Å². The molecule has 0 spiro atoms. The van der Waals surface area contributed by atoms with Crippen molar-refractivity contribution in [1.29, 1.82) is 0 Å². The molecule has 0 heterocycles. The maximum Gasteiger partial charge on any atom is 0.319 e. The number of carbonyl (C=O) groups excluding carboxylic acids is 3. The minimum Gasteiger partial charge on any atom is -0.466 e. The highest BCUT2D eigenvalue weighted by Gasteiger charge is 2.33. The van der Waals surface area contributed by atoms with Gasteiger partial charge >= 0.3 is 12.0 Å². The Labute approximate surface area is 167 Å². The van der Waals surface area contributed by atoms with Gasteiger partial charge in [-0.1, -0.05) is 27.7 Å². The van der Waals surface area contributed by atoms with Crippen LogP contribution in [0.5, 0.6) is 0 Å². The lowest BCUT2D eigenvalue weighted by Gasteiger charge is -2.34. The molecule has 0 fully saturated rings. The van der Waals surface area contributed by atoms with E-state index < -0.39 is 11.6 Å². The fourth-order valence-corrected chi connectivity index (χ4v) is 2.43. The van der Waals surface area contributed by atoms with Crippen molar-refractivity contribution in [3.63, 3.8) is 0 Å². The first-order valence-electron chi connectivity index (χ1n) is 9.70. The van der Waals surface area contributed by atoms with E-state index in [0.717, 1.165) is 0 Å². The van der Waals surface area contributed by atoms with Crippen LogP contribution in [-0.2, 0) is 9.53 Å². The molecule has 0 bridgehead atoms. The Balaban J connectivity index is 2.70. The molecule has 1 unspecified atom stereocenters. The van der Waals surface area contributed by atoms with Crippen molar-refractivity contribution in [2.45, 2.75) is 53.5 Å². The molecule has 156 valence electrons. The molecule has 3 amide bonds. The van der Waals surface area contributed by atoms with E-state index in [1.165, 1.54) is 0 Å². The number of benzene rings is 1. The number of carbonyl (C=O) groups is 3. The second-order valence-electron chi connectivity index (χ2n) is 7.81. The molecule has 7 nitrogen and oxygen atoms in total. The molecule has 0 aliphatic heterocycles. The van der Waals surface area contributed by atoms with Crippen LogP contribution in [0.2, 0.25) is 0 Å². The summed E-state index contributed by atoms with van der Waals surface area (Å²) in [6, 6.07) is 6.23. The van der Waals surface area contributed by atoms with Crippen LogP contribution in [0.25, 0.3) is 0 Å². The predicted octanol–water partition coefficient (Wildman–Crippen LogP) is 3.56. The lowest BCUT2D eigenvalue weighted by Crippen LogP contribution is -2.52. The lowest BCUT2D eigenvalue weighted by atomic mass is 9.85. The second kappa shape index (κ2) is 10.7. The van der Waals surface area contributed by atoms with Gasteiger partial charge in [0, 0.05) is 17.8 Å². The van der Waals surface area contributed by atoms with Gasteiger partial charge in [-0.2, -0.15) is 0 Å². The maximum atomic E-state index is 12.4. The first kappa shape index (κ1) is 23.5. The average Bonchev–Trinajstić information content (AvgIpc) is 2.60. The van der Waals surface area contributed by atoms with Crippen molar-refractivity contribution in [2.24, 2.45) is 11.8 Å². The molecule has 7 heteroatoms. The minimum atomic E-state index is -0.743. The zero-order chi connectivity index (χ0) is 21.3. The number of anilines is 1. The molecule has 1 aromatic carbocycles. The van der Waals surface area contributed by atoms with E-state index in [0.29, 0.717) is 30.3 Å². The van der Waals surface area contributed by atoms with Gasteiger partial charge in [0.05, 0.1) is 18.6 Å². The highest BCUT2D eigenvalue weighted by Crippen LogP contribution is 2.22. The van der Waals surface area contributed by atoms with Gasteiger partial charge in [0.25, 0.3) is 5.91 Å². The monoisotopic (exact) mass is 391 g/mol. The summed E-state index contributed by atoms with van der Waals surface area (Å²) >= 11 is 0. The van der Waals surface area contributed by atoms with Crippen molar-refractivity contribution >= 4 is 23.6 Å². The Morgan fingerprint density at radius 3 is 2.18 bits per heavy atom. The number of rotatable bonds is 9. The van der Waals surface area contributed by atoms with Gasteiger partial charge in [-0.25, -0.2) is 4.79 Å². The molecule has 0 aliphatic carbocycles. The second-order valence-corrected chi connectivity index (χ2v) is 7.81. The standard InChI is InChI=1S/C21H33N3O4/c1-7-28-18(25)12-21(6,15(4)5)24-20(27)23-17-10-8-16(9-11-17)19(26)22-13-14(2)3/h8-11,14-15H,7,12-13H2,1-6H3,(H,22,26)(H2,23,24,27). The molecule has 3 N–H and O–H groups in total. The van der Waals surface area contributed by atoms with Crippen LogP contribution in [0, 0.1) is 11.8 Å². The Kier molecular flexibility index (Phi) is 8.96. The molecule has 1 atom stereocenters. The normalized spacial score (nSPS) is 13.0. The predicted molar refractivity (Wildman–Crippen MR) is 110 cm³/mol. The van der Waals surface area contributed by atoms with Gasteiger partial charge in [0.2, 0.25) is 0 Å². The third kappa shape index (κ3) is 7.58. The molecular weight excluding hydrogens is 358 g/mol. The smallest absolute Gasteiger partial charge is 0.319 e. The number of esters is 1. The molecule has 28 heavy (non-hydrogen) atoms. The molecule has 0 saturated carbocycles. The Morgan fingerprint density at radius 2 is 1.68 bits per heavy atom. The Bertz CT molecular complexity index is 671. The maximum absolute atomic E-state index is 12.4. The first-order valence-corrected chi connectivity index (χ1v) is 9.70. The van der Waals surface area contributed by atoms with Gasteiger partial charge in [-0.3, -0.25) is 9.59 Å². The Hall–Kier alpha value is -2.57. The van der Waals surface area contributed by atoms with Gasteiger partial charge in [-0.15, -0.1) is 0 Å². The van der Waals surface area contributed by atoms with E-state index in [-0.39, 0.29) is 24.2 Å². The van der Waals surface area contributed by atoms with Crippen LogP contribution in [0.3, 0.4) is 0 Å². The summed E-state index contributed by atoms with van der Waals surface area (Å²) in [5.74, 6) is -0.101. The number of urea groups is 1. The Morgan fingerprint density at radius 1 is 1.07 bits per heavy atom. The molecular formula is C21H33N3O4. The molecule has 0 saturated heterocycles. The minimum absolute atomic E-state index is 0.0229. The molecule has 0 radical (unpaired) electrons. The molecule has 0 aliphatic rings. The van der Waals surface area contributed by atoms with Crippen LogP contribution in [-0.4, -0.2) is 36.6 Å². The number of ether oxygens (including phenoxy) is 1. The van der Waals surface area contributed by atoms with E-state index in [1.54, 1.807) is 31.2 Å². The van der Waals surface area contributed by atoms with Gasteiger partial charge < -0.3 is 20.7 Å². The summed E-state index contributed by atoms with van der Waals surface area (Å²) in [7, 11) is 0. The highest BCUT2D eigenvalue weighted by molar-refractivity contribution is 5.95. The zero-order valence-corrected chi connectivity index (χ0v) is 17.7. The summed E-state index contributed by atoms with van der Waals surface area (Å²) in [6.45, 7) is 12.4. The van der Waals surface area contributed by atoms with Crippen LogP contribution in [0.4, 0.5) is 10.5 Å². The van der Waals surface area contributed by atoms with Crippen LogP contribution in [0.1, 0.15) is 58.3 Å². The highest BCUT2D eigenvalue weighted by atomic mass is 16.5. The fraction of sp³-hybridized carbons (Fsp3) is 0.571. The van der Waals surface area contributed by atoms with Gasteiger partial charge in [-0.05, 0) is 49.9 Å². The van der Waals surface area contributed by atoms with E-state index in [1.807, 2.05) is 34.6 Å². The SMILES string of the molecule is CCOC(=O)CC(C)(NC(=O)Nc1ccc(C(=O)NCC(C)C)cc1)C(C)C. The third-order valence-electron chi connectivity index (χ3n) is 4.57. The quantitative estimate of drug-likeness (QED) is 0.561. The van der Waals surface area contributed by atoms with Crippen molar-refractivity contribution in [2.75, 3.05) is 18.5 Å². The summed E-state index contributed by atoms with van der Waals surface area (Å²) in [5, 5.41) is 8.46. The molecule has 1 aromatic rings. The van der Waals surface area contributed by atoms with E-state index in [9.17, 15) is 14.4 Å². The largest absolute Gasteiger partial charge is 0.466 e. The lowest BCUT2D eigenvalue weighted by molar-refractivity contribution is -0.145. The zero-order valence-electron chi connectivity index (χ0n) is 17.7. The van der Waals surface area contributed by atoms with Crippen molar-refractivity contribution in [3.05, 3.63) is 29.8 Å². The first-order chi connectivity index (χ1) is 13.1. The van der Waals surface area contributed by atoms with Crippen LogP contribution < -0.4 is 16.0 Å². The summed E-state index contributed by atoms with van der Waals surface area (Å²) in [4.78, 5) is 36.3. The van der Waals surface area contributed by atoms with E-state index >= 15 is 0 Å². The summed E-state index contributed by atoms with van der Waals surface area (Å²) in [5.41, 5.74) is 0.341.